The Kier molecular flexibility index (Phi) is 16.8. The van der Waals surface area contributed by atoms with Crippen molar-refractivity contribution in [3.05, 3.63) is 29.8 Å². The first-order valence-electron chi connectivity index (χ1n) is 15.5. The first-order valence-corrected chi connectivity index (χ1v) is 16.9. The van der Waals surface area contributed by atoms with E-state index in [4.69, 9.17) is 8.92 Å². The summed E-state index contributed by atoms with van der Waals surface area (Å²) in [7, 11) is -4.11. The van der Waals surface area contributed by atoms with E-state index in [2.05, 4.69) is 6.92 Å². The van der Waals surface area contributed by atoms with Crippen LogP contribution in [-0.4, -0.2) is 72.1 Å². The Balaban J connectivity index is 1.88. The standard InChI is InChI=1S/C31H54O8S/c1-3-4-5-6-7-8-9-10-11-12-14-26(33)27(34)21-22-31(30-16-13-15-29(38-30)28(35)23-32)39-40(36,37)25-19-17-24(2)18-20-25/h17-20,26-35H,3-16,21-23H2,1-2H3/t26-,27-,28-,29+,30-,31?/m1/s1. The third-order valence-electron chi connectivity index (χ3n) is 7.96. The summed E-state index contributed by atoms with van der Waals surface area (Å²) < 4.78 is 37.8. The van der Waals surface area contributed by atoms with E-state index in [1.807, 2.05) is 6.92 Å². The molecular formula is C31H54O8S. The second-order valence-corrected chi connectivity index (χ2v) is 13.1. The van der Waals surface area contributed by atoms with E-state index in [0.717, 1.165) is 24.8 Å². The lowest BCUT2D eigenvalue weighted by atomic mass is 9.94. The number of hydrogen-bond acceptors (Lipinski definition) is 8. The molecule has 1 unspecified atom stereocenters. The number of benzene rings is 1. The van der Waals surface area contributed by atoms with Crippen LogP contribution in [0.15, 0.2) is 29.2 Å². The van der Waals surface area contributed by atoms with E-state index in [-0.39, 0.29) is 17.7 Å². The zero-order valence-corrected chi connectivity index (χ0v) is 25.4. The van der Waals surface area contributed by atoms with Crippen LogP contribution >= 0.6 is 0 Å². The molecule has 0 bridgehead atoms. The smallest absolute Gasteiger partial charge is 0.297 e. The van der Waals surface area contributed by atoms with E-state index in [9.17, 15) is 28.8 Å². The minimum absolute atomic E-state index is 0.0346. The van der Waals surface area contributed by atoms with Crippen molar-refractivity contribution in [2.45, 2.75) is 158 Å². The first kappa shape index (κ1) is 35.1. The predicted molar refractivity (Wildman–Crippen MR) is 157 cm³/mol. The number of aliphatic hydroxyl groups excluding tert-OH is 4. The summed E-state index contributed by atoms with van der Waals surface area (Å²) in [5, 5.41) is 40.7. The number of ether oxygens (including phenoxy) is 1. The van der Waals surface area contributed by atoms with Crippen molar-refractivity contribution < 1.29 is 37.8 Å². The van der Waals surface area contributed by atoms with Gasteiger partial charge in [-0.1, -0.05) is 88.8 Å². The van der Waals surface area contributed by atoms with Gasteiger partial charge < -0.3 is 25.2 Å². The molecule has 1 saturated heterocycles. The van der Waals surface area contributed by atoms with Crippen molar-refractivity contribution in [2.24, 2.45) is 0 Å². The van der Waals surface area contributed by atoms with Gasteiger partial charge in [0.2, 0.25) is 0 Å². The normalized spacial score (nSPS) is 21.1. The summed E-state index contributed by atoms with van der Waals surface area (Å²) in [6.45, 7) is 3.64. The zero-order valence-electron chi connectivity index (χ0n) is 24.6. The average Bonchev–Trinajstić information content (AvgIpc) is 2.95. The van der Waals surface area contributed by atoms with Crippen molar-refractivity contribution in [2.75, 3.05) is 6.61 Å². The van der Waals surface area contributed by atoms with Crippen LogP contribution in [0, 0.1) is 6.92 Å². The Morgan fingerprint density at radius 3 is 1.98 bits per heavy atom. The van der Waals surface area contributed by atoms with Crippen molar-refractivity contribution in [1.29, 1.82) is 0 Å². The molecule has 1 aromatic rings. The molecule has 1 aromatic carbocycles. The van der Waals surface area contributed by atoms with E-state index < -0.39 is 53.3 Å². The number of hydrogen-bond donors (Lipinski definition) is 4. The molecule has 0 aromatic heterocycles. The molecule has 232 valence electrons. The fraction of sp³-hybridized carbons (Fsp3) is 0.806. The summed E-state index contributed by atoms with van der Waals surface area (Å²) >= 11 is 0. The lowest BCUT2D eigenvalue weighted by Crippen LogP contribution is -2.44. The topological polar surface area (TPSA) is 134 Å². The van der Waals surface area contributed by atoms with Crippen LogP contribution < -0.4 is 0 Å². The van der Waals surface area contributed by atoms with E-state index in [1.165, 1.54) is 57.1 Å². The average molecular weight is 587 g/mol. The quantitative estimate of drug-likeness (QED) is 0.115. The third kappa shape index (κ3) is 12.8. The first-order chi connectivity index (χ1) is 19.2. The molecule has 8 nitrogen and oxygen atoms in total. The summed E-state index contributed by atoms with van der Waals surface area (Å²) in [5.74, 6) is 0. The minimum Gasteiger partial charge on any atom is -0.394 e. The summed E-state index contributed by atoms with van der Waals surface area (Å²) in [6, 6.07) is 6.38. The Bertz CT molecular complexity index is 891. The SMILES string of the molecule is CCCCCCCCCCCC[C@@H](O)[C@H](O)CCC(OS(=O)(=O)c1ccc(C)cc1)[C@H]1CCC[C@@H]([C@H](O)CO)O1. The lowest BCUT2D eigenvalue weighted by molar-refractivity contribution is -0.145. The second-order valence-electron chi connectivity index (χ2n) is 11.5. The Hall–Kier alpha value is -1.07. The molecule has 0 spiro atoms. The summed E-state index contributed by atoms with van der Waals surface area (Å²) in [6.07, 6.45) is 9.38. The van der Waals surface area contributed by atoms with Gasteiger partial charge in [0, 0.05) is 0 Å². The van der Waals surface area contributed by atoms with Crippen LogP contribution in [0.1, 0.15) is 115 Å². The van der Waals surface area contributed by atoms with Gasteiger partial charge in [0.05, 0.1) is 35.9 Å². The molecule has 0 saturated carbocycles. The van der Waals surface area contributed by atoms with E-state index in [1.54, 1.807) is 12.1 Å². The summed E-state index contributed by atoms with van der Waals surface area (Å²) in [4.78, 5) is 0.0346. The largest absolute Gasteiger partial charge is 0.394 e. The van der Waals surface area contributed by atoms with Crippen molar-refractivity contribution >= 4 is 10.1 Å². The molecule has 0 radical (unpaired) electrons. The molecular weight excluding hydrogens is 532 g/mol. The van der Waals surface area contributed by atoms with Crippen LogP contribution in [0.4, 0.5) is 0 Å². The van der Waals surface area contributed by atoms with Gasteiger partial charge in [0.1, 0.15) is 12.2 Å². The molecule has 6 atom stereocenters. The van der Waals surface area contributed by atoms with Crippen LogP contribution in [0.2, 0.25) is 0 Å². The van der Waals surface area contributed by atoms with E-state index >= 15 is 0 Å². The van der Waals surface area contributed by atoms with Crippen molar-refractivity contribution in [3.63, 3.8) is 0 Å². The molecule has 40 heavy (non-hydrogen) atoms. The molecule has 1 fully saturated rings. The van der Waals surface area contributed by atoms with Crippen LogP contribution in [0.3, 0.4) is 0 Å². The maximum atomic E-state index is 13.1. The Morgan fingerprint density at radius 2 is 1.38 bits per heavy atom. The number of aryl methyl sites for hydroxylation is 1. The Morgan fingerprint density at radius 1 is 0.825 bits per heavy atom. The second kappa shape index (κ2) is 19.2. The highest BCUT2D eigenvalue weighted by Gasteiger charge is 2.36. The highest BCUT2D eigenvalue weighted by Crippen LogP contribution is 2.30. The molecule has 9 heteroatoms. The molecule has 1 aliphatic heterocycles. The van der Waals surface area contributed by atoms with Gasteiger partial charge in [0.25, 0.3) is 10.1 Å². The number of rotatable bonds is 21. The van der Waals surface area contributed by atoms with Gasteiger partial charge in [0.15, 0.2) is 0 Å². The Labute approximate surface area is 242 Å². The zero-order chi connectivity index (χ0) is 29.4. The lowest BCUT2D eigenvalue weighted by Gasteiger charge is -2.36. The molecule has 1 aliphatic rings. The van der Waals surface area contributed by atoms with Gasteiger partial charge in [-0.05, 0) is 57.6 Å². The minimum atomic E-state index is -4.11. The van der Waals surface area contributed by atoms with Gasteiger partial charge in [-0.3, -0.25) is 4.18 Å². The highest BCUT2D eigenvalue weighted by atomic mass is 32.2. The maximum Gasteiger partial charge on any atom is 0.297 e. The fourth-order valence-electron chi connectivity index (χ4n) is 5.33. The number of unbranched alkanes of at least 4 members (excludes halogenated alkanes) is 9. The monoisotopic (exact) mass is 586 g/mol. The molecule has 4 N–H and O–H groups in total. The van der Waals surface area contributed by atoms with Gasteiger partial charge in [-0.15, -0.1) is 0 Å². The van der Waals surface area contributed by atoms with Crippen molar-refractivity contribution in [3.8, 4) is 0 Å². The predicted octanol–water partition coefficient (Wildman–Crippen LogP) is 5.17. The molecule has 2 rings (SSSR count). The maximum absolute atomic E-state index is 13.1. The van der Waals surface area contributed by atoms with Gasteiger partial charge in [-0.25, -0.2) is 0 Å². The highest BCUT2D eigenvalue weighted by molar-refractivity contribution is 7.86. The molecule has 1 heterocycles. The molecule has 0 amide bonds. The van der Waals surface area contributed by atoms with Gasteiger partial charge >= 0.3 is 0 Å². The van der Waals surface area contributed by atoms with Gasteiger partial charge in [-0.2, -0.15) is 8.42 Å². The van der Waals surface area contributed by atoms with Crippen LogP contribution in [0.5, 0.6) is 0 Å². The van der Waals surface area contributed by atoms with E-state index in [0.29, 0.717) is 25.7 Å². The van der Waals surface area contributed by atoms with Crippen LogP contribution in [-0.2, 0) is 19.0 Å². The number of aliphatic hydroxyl groups is 4. The van der Waals surface area contributed by atoms with Crippen LogP contribution in [0.25, 0.3) is 0 Å². The fourth-order valence-corrected chi connectivity index (χ4v) is 6.46. The third-order valence-corrected chi connectivity index (χ3v) is 9.31. The molecule has 0 aliphatic carbocycles. The van der Waals surface area contributed by atoms with Crippen molar-refractivity contribution in [1.82, 2.24) is 0 Å². The summed E-state index contributed by atoms with van der Waals surface area (Å²) in [5.41, 5.74) is 0.923.